The highest BCUT2D eigenvalue weighted by atomic mass is 16.1. The smallest absolute Gasteiger partial charge is 0.245 e. The highest BCUT2D eigenvalue weighted by Gasteiger charge is 1.92. The number of nitrogens with zero attached hydrogens (tertiary/aromatic N) is 1. The van der Waals surface area contributed by atoms with Crippen LogP contribution in [-0.2, 0) is 4.79 Å². The molecule has 0 heterocycles. The molecular formula is C5H6N2O. The lowest BCUT2D eigenvalue weighted by Gasteiger charge is -1.84. The summed E-state index contributed by atoms with van der Waals surface area (Å²) < 4.78 is 0. The number of hydrogen-bond acceptors (Lipinski definition) is 2. The van der Waals surface area contributed by atoms with Crippen molar-refractivity contribution >= 4 is 5.91 Å². The Bertz CT molecular complexity index is 164. The molecule has 0 aromatic rings. The van der Waals surface area contributed by atoms with Gasteiger partial charge in [0.25, 0.3) is 0 Å². The van der Waals surface area contributed by atoms with E-state index in [4.69, 9.17) is 11.0 Å². The molecule has 0 spiro atoms. The third kappa shape index (κ3) is 1.98. The molecule has 0 saturated heterocycles. The summed E-state index contributed by atoms with van der Waals surface area (Å²) in [6, 6.07) is 1.69. The van der Waals surface area contributed by atoms with Crippen LogP contribution in [0.3, 0.4) is 0 Å². The summed E-state index contributed by atoms with van der Waals surface area (Å²) in [7, 11) is 0. The van der Waals surface area contributed by atoms with Gasteiger partial charge in [-0.25, -0.2) is 0 Å². The van der Waals surface area contributed by atoms with E-state index in [1.807, 2.05) is 0 Å². The minimum atomic E-state index is -0.549. The normalized spacial score (nSPS) is 10.2. The van der Waals surface area contributed by atoms with E-state index in [-0.39, 0.29) is 5.57 Å². The number of primary amides is 1. The van der Waals surface area contributed by atoms with Crippen LogP contribution in [0.1, 0.15) is 6.92 Å². The molecule has 0 radical (unpaired) electrons. The van der Waals surface area contributed by atoms with Gasteiger partial charge in [-0.1, -0.05) is 0 Å². The van der Waals surface area contributed by atoms with Crippen LogP contribution in [-0.4, -0.2) is 5.91 Å². The first kappa shape index (κ1) is 6.70. The first-order valence-electron chi connectivity index (χ1n) is 2.04. The van der Waals surface area contributed by atoms with Gasteiger partial charge in [-0.15, -0.1) is 0 Å². The third-order valence-corrected chi connectivity index (χ3v) is 0.670. The number of nitriles is 1. The van der Waals surface area contributed by atoms with Crippen molar-refractivity contribution in [2.45, 2.75) is 6.92 Å². The molecule has 0 aromatic carbocycles. The summed E-state index contributed by atoms with van der Waals surface area (Å²) in [5, 5.41) is 7.95. The molecule has 0 aliphatic rings. The van der Waals surface area contributed by atoms with Crippen molar-refractivity contribution in [1.29, 1.82) is 5.26 Å². The zero-order valence-corrected chi connectivity index (χ0v) is 4.51. The second-order valence-corrected chi connectivity index (χ2v) is 1.32. The Balaban J connectivity index is 4.06. The molecule has 0 saturated carbocycles. The Morgan fingerprint density at radius 1 is 1.88 bits per heavy atom. The molecule has 0 rings (SSSR count). The van der Waals surface area contributed by atoms with E-state index in [0.29, 0.717) is 0 Å². The van der Waals surface area contributed by atoms with Crippen LogP contribution < -0.4 is 5.73 Å². The molecule has 42 valence electrons. The van der Waals surface area contributed by atoms with Crippen LogP contribution in [0.5, 0.6) is 0 Å². The number of amides is 1. The summed E-state index contributed by atoms with van der Waals surface area (Å²) in [4.78, 5) is 10.1. The predicted octanol–water partition coefficient (Wildman–Crippen LogP) is -0.0584. The zero-order valence-electron chi connectivity index (χ0n) is 4.51. The molecule has 0 fully saturated rings. The fraction of sp³-hybridized carbons (Fsp3) is 0.200. The number of allylic oxidation sites excluding steroid dienone is 1. The van der Waals surface area contributed by atoms with Gasteiger partial charge in [-0.3, -0.25) is 4.79 Å². The Hall–Kier alpha value is -1.30. The maximum absolute atomic E-state index is 10.1. The second-order valence-electron chi connectivity index (χ2n) is 1.32. The van der Waals surface area contributed by atoms with E-state index in [0.717, 1.165) is 6.08 Å². The van der Waals surface area contributed by atoms with E-state index in [1.165, 1.54) is 6.92 Å². The number of carbonyl (C=O) groups excluding carboxylic acids is 1. The number of carbonyl (C=O) groups is 1. The molecular weight excluding hydrogens is 104 g/mol. The van der Waals surface area contributed by atoms with Crippen LogP contribution in [0.25, 0.3) is 0 Å². The van der Waals surface area contributed by atoms with Gasteiger partial charge in [0, 0.05) is 11.6 Å². The van der Waals surface area contributed by atoms with Gasteiger partial charge in [-0.05, 0) is 6.92 Å². The molecule has 3 heteroatoms. The standard InChI is InChI=1S/C5H6N2O/c1-4(2-3-6)5(7)8/h2H,1H3,(H2,7,8)/b4-2+. The van der Waals surface area contributed by atoms with Gasteiger partial charge >= 0.3 is 0 Å². The van der Waals surface area contributed by atoms with Crippen LogP contribution >= 0.6 is 0 Å². The third-order valence-electron chi connectivity index (χ3n) is 0.670. The first-order valence-corrected chi connectivity index (χ1v) is 2.04. The molecule has 0 atom stereocenters. The van der Waals surface area contributed by atoms with E-state index < -0.39 is 5.91 Å². The van der Waals surface area contributed by atoms with Crippen LogP contribution in [0.4, 0.5) is 0 Å². The van der Waals surface area contributed by atoms with Gasteiger partial charge in [0.15, 0.2) is 0 Å². The molecule has 0 aromatic heterocycles. The van der Waals surface area contributed by atoms with Crippen molar-refractivity contribution in [3.8, 4) is 6.07 Å². The average molecular weight is 110 g/mol. The number of hydrogen-bond donors (Lipinski definition) is 1. The fourth-order valence-corrected chi connectivity index (χ4v) is 0.168. The van der Waals surface area contributed by atoms with E-state index in [2.05, 4.69) is 0 Å². The van der Waals surface area contributed by atoms with Crippen LogP contribution in [0.15, 0.2) is 11.6 Å². The SMILES string of the molecule is C/C(=C\C#N)C(N)=O. The van der Waals surface area contributed by atoms with Gasteiger partial charge in [0.05, 0.1) is 6.07 Å². The summed E-state index contributed by atoms with van der Waals surface area (Å²) in [5.41, 5.74) is 5.05. The molecule has 8 heavy (non-hydrogen) atoms. The Morgan fingerprint density at radius 2 is 2.38 bits per heavy atom. The molecule has 2 N–H and O–H groups in total. The van der Waals surface area contributed by atoms with Crippen molar-refractivity contribution in [3.05, 3.63) is 11.6 Å². The maximum Gasteiger partial charge on any atom is 0.245 e. The van der Waals surface area contributed by atoms with Gasteiger partial charge in [0.1, 0.15) is 0 Å². The highest BCUT2D eigenvalue weighted by molar-refractivity contribution is 5.91. The minimum absolute atomic E-state index is 0.285. The molecule has 0 bridgehead atoms. The summed E-state index contributed by atoms with van der Waals surface area (Å²) in [6.07, 6.45) is 1.11. The van der Waals surface area contributed by atoms with Crippen molar-refractivity contribution in [2.24, 2.45) is 5.73 Å². The average Bonchev–Trinajstić information content (AvgIpc) is 1.67. The van der Waals surface area contributed by atoms with Crippen molar-refractivity contribution in [1.82, 2.24) is 0 Å². The summed E-state index contributed by atoms with van der Waals surface area (Å²) >= 11 is 0. The number of nitrogens with two attached hydrogens (primary N) is 1. The fourth-order valence-electron chi connectivity index (χ4n) is 0.168. The predicted molar refractivity (Wildman–Crippen MR) is 28.6 cm³/mol. The Kier molecular flexibility index (Phi) is 2.35. The molecule has 1 amide bonds. The van der Waals surface area contributed by atoms with Crippen molar-refractivity contribution < 1.29 is 4.79 Å². The summed E-state index contributed by atoms with van der Waals surface area (Å²) in [5.74, 6) is -0.549. The minimum Gasteiger partial charge on any atom is -0.366 e. The Labute approximate surface area is 47.4 Å². The molecule has 0 aliphatic heterocycles. The quantitative estimate of drug-likeness (QED) is 0.379. The van der Waals surface area contributed by atoms with E-state index in [9.17, 15) is 4.79 Å². The molecule has 0 aliphatic carbocycles. The first-order chi connectivity index (χ1) is 3.68. The lowest BCUT2D eigenvalue weighted by Crippen LogP contribution is -2.11. The van der Waals surface area contributed by atoms with Gasteiger partial charge < -0.3 is 5.73 Å². The second kappa shape index (κ2) is 2.80. The van der Waals surface area contributed by atoms with Gasteiger partial charge in [-0.2, -0.15) is 5.26 Å². The van der Waals surface area contributed by atoms with Gasteiger partial charge in [0.2, 0.25) is 5.91 Å². The number of rotatable bonds is 1. The van der Waals surface area contributed by atoms with Crippen molar-refractivity contribution in [2.75, 3.05) is 0 Å². The molecule has 0 unspecified atom stereocenters. The van der Waals surface area contributed by atoms with E-state index >= 15 is 0 Å². The topological polar surface area (TPSA) is 66.9 Å². The van der Waals surface area contributed by atoms with Crippen LogP contribution in [0, 0.1) is 11.3 Å². The van der Waals surface area contributed by atoms with Crippen molar-refractivity contribution in [3.63, 3.8) is 0 Å². The molecule has 3 nitrogen and oxygen atoms in total. The maximum atomic E-state index is 10.1. The monoisotopic (exact) mass is 110 g/mol. The lowest BCUT2D eigenvalue weighted by atomic mass is 10.3. The highest BCUT2D eigenvalue weighted by Crippen LogP contribution is 1.85. The zero-order chi connectivity index (χ0) is 6.57. The van der Waals surface area contributed by atoms with E-state index in [1.54, 1.807) is 6.07 Å². The summed E-state index contributed by atoms with van der Waals surface area (Å²) in [6.45, 7) is 1.49. The Morgan fingerprint density at radius 3 is 2.50 bits per heavy atom. The lowest BCUT2D eigenvalue weighted by molar-refractivity contribution is -0.114. The van der Waals surface area contributed by atoms with Crippen LogP contribution in [0.2, 0.25) is 0 Å². The largest absolute Gasteiger partial charge is 0.366 e.